The highest BCUT2D eigenvalue weighted by Gasteiger charge is 2.35. The molecule has 35 heavy (non-hydrogen) atoms. The Bertz CT molecular complexity index is 1370. The van der Waals surface area contributed by atoms with E-state index in [0.717, 1.165) is 42.0 Å². The van der Waals surface area contributed by atoms with Gasteiger partial charge in [-0.05, 0) is 69.0 Å². The SMILES string of the molecule is Cc1cc2[nH]c(C(=O)NC3CCC(N(C)c4cc(C(F)(F)F)nc5ccc(Cl)cc45)CC3)cc2s1. The second-order valence-corrected chi connectivity index (χ2v) is 10.8. The summed E-state index contributed by atoms with van der Waals surface area (Å²) in [6.45, 7) is 2.03. The lowest BCUT2D eigenvalue weighted by Crippen LogP contribution is -2.43. The highest BCUT2D eigenvalue weighted by atomic mass is 35.5. The molecule has 1 fully saturated rings. The number of thiophene rings is 1. The molecular formula is C25H24ClF3N4OS. The van der Waals surface area contributed by atoms with Crippen molar-refractivity contribution >= 4 is 55.7 Å². The van der Waals surface area contributed by atoms with Crippen LogP contribution in [0, 0.1) is 6.92 Å². The molecule has 5 rings (SSSR count). The summed E-state index contributed by atoms with van der Waals surface area (Å²) in [5.41, 5.74) is 1.31. The molecule has 1 saturated carbocycles. The van der Waals surface area contributed by atoms with Gasteiger partial charge in [-0.1, -0.05) is 11.6 Å². The van der Waals surface area contributed by atoms with Gasteiger partial charge in [0.1, 0.15) is 11.4 Å². The van der Waals surface area contributed by atoms with E-state index in [0.29, 0.717) is 21.8 Å². The van der Waals surface area contributed by atoms with E-state index in [1.165, 1.54) is 10.9 Å². The molecule has 3 aromatic heterocycles. The number of fused-ring (bicyclic) bond motifs is 2. The largest absolute Gasteiger partial charge is 0.433 e. The highest BCUT2D eigenvalue weighted by molar-refractivity contribution is 7.19. The number of aromatic amines is 1. The highest BCUT2D eigenvalue weighted by Crippen LogP contribution is 2.37. The fraction of sp³-hybridized carbons (Fsp3) is 0.360. The van der Waals surface area contributed by atoms with Crippen molar-refractivity contribution in [1.29, 1.82) is 0 Å². The molecule has 3 heterocycles. The fourth-order valence-electron chi connectivity index (χ4n) is 4.86. The van der Waals surface area contributed by atoms with Crippen molar-refractivity contribution in [2.24, 2.45) is 0 Å². The van der Waals surface area contributed by atoms with Crippen LogP contribution in [-0.2, 0) is 6.18 Å². The molecule has 1 aliphatic carbocycles. The Morgan fingerprint density at radius 1 is 1.17 bits per heavy atom. The Hall–Kier alpha value is -2.78. The molecule has 1 aromatic carbocycles. The zero-order chi connectivity index (χ0) is 24.9. The summed E-state index contributed by atoms with van der Waals surface area (Å²) in [6, 6.07) is 9.77. The number of halogens is 4. The first-order valence-electron chi connectivity index (χ1n) is 11.4. The van der Waals surface area contributed by atoms with Gasteiger partial charge in [0.15, 0.2) is 0 Å². The minimum atomic E-state index is -4.55. The monoisotopic (exact) mass is 520 g/mol. The van der Waals surface area contributed by atoms with Crippen molar-refractivity contribution < 1.29 is 18.0 Å². The number of anilines is 1. The number of carbonyl (C=O) groups is 1. The molecule has 0 bridgehead atoms. The van der Waals surface area contributed by atoms with Crippen molar-refractivity contribution in [3.8, 4) is 0 Å². The predicted octanol–water partition coefficient (Wildman–Crippen LogP) is 6.94. The van der Waals surface area contributed by atoms with E-state index in [-0.39, 0.29) is 23.5 Å². The molecule has 1 aliphatic rings. The van der Waals surface area contributed by atoms with Crippen molar-refractivity contribution in [2.75, 3.05) is 11.9 Å². The zero-order valence-electron chi connectivity index (χ0n) is 19.2. The Kier molecular flexibility index (Phi) is 6.17. The second-order valence-electron chi connectivity index (χ2n) is 9.09. The van der Waals surface area contributed by atoms with Crippen LogP contribution in [0.4, 0.5) is 18.9 Å². The van der Waals surface area contributed by atoms with Gasteiger partial charge >= 0.3 is 6.18 Å². The standard InChI is InChI=1S/C25H24ClF3N4OS/c1-13-9-19-22(35-13)11-20(31-19)24(34)30-15-4-6-16(7-5-15)33(2)21-12-23(25(27,28)29)32-18-8-3-14(26)10-17(18)21/h3,8-12,15-16,31H,4-7H2,1-2H3,(H,30,34). The normalized spacial score (nSPS) is 18.8. The van der Waals surface area contributed by atoms with Crippen molar-refractivity contribution in [2.45, 2.75) is 50.9 Å². The minimum Gasteiger partial charge on any atom is -0.371 e. The summed E-state index contributed by atoms with van der Waals surface area (Å²) < 4.78 is 41.6. The number of nitrogens with one attached hydrogen (secondary N) is 2. The summed E-state index contributed by atoms with van der Waals surface area (Å²) in [6.07, 6.45) is -1.58. The van der Waals surface area contributed by atoms with Crippen LogP contribution >= 0.6 is 22.9 Å². The number of hydrogen-bond donors (Lipinski definition) is 2. The number of aromatic nitrogens is 2. The Labute approximate surface area is 209 Å². The number of benzene rings is 1. The third-order valence-corrected chi connectivity index (χ3v) is 7.90. The lowest BCUT2D eigenvalue weighted by molar-refractivity contribution is -0.140. The van der Waals surface area contributed by atoms with E-state index in [9.17, 15) is 18.0 Å². The van der Waals surface area contributed by atoms with Crippen LogP contribution in [0.5, 0.6) is 0 Å². The van der Waals surface area contributed by atoms with Gasteiger partial charge in [-0.25, -0.2) is 4.98 Å². The Morgan fingerprint density at radius 2 is 1.91 bits per heavy atom. The third-order valence-electron chi connectivity index (χ3n) is 6.67. The number of carbonyl (C=O) groups excluding carboxylic acids is 1. The first kappa shape index (κ1) is 23.9. The summed E-state index contributed by atoms with van der Waals surface area (Å²) in [4.78, 5) is 22.8. The third kappa shape index (κ3) is 4.84. The van der Waals surface area contributed by atoms with Crippen molar-refractivity contribution in [3.63, 3.8) is 0 Å². The van der Waals surface area contributed by atoms with Gasteiger partial charge in [-0.2, -0.15) is 13.2 Å². The molecule has 0 unspecified atom stereocenters. The summed E-state index contributed by atoms with van der Waals surface area (Å²) >= 11 is 7.79. The average molecular weight is 521 g/mol. The van der Waals surface area contributed by atoms with Gasteiger partial charge in [0.05, 0.1) is 15.7 Å². The number of amides is 1. The Morgan fingerprint density at radius 3 is 2.60 bits per heavy atom. The molecule has 0 atom stereocenters. The maximum absolute atomic E-state index is 13.5. The van der Waals surface area contributed by atoms with E-state index in [1.54, 1.807) is 23.5 Å². The van der Waals surface area contributed by atoms with Crippen LogP contribution in [-0.4, -0.2) is 35.0 Å². The first-order valence-corrected chi connectivity index (χ1v) is 12.6. The van der Waals surface area contributed by atoms with E-state index < -0.39 is 11.9 Å². The van der Waals surface area contributed by atoms with Gasteiger partial charge in [-0.3, -0.25) is 4.79 Å². The van der Waals surface area contributed by atoms with Gasteiger partial charge in [0, 0.05) is 40.1 Å². The molecular weight excluding hydrogens is 497 g/mol. The van der Waals surface area contributed by atoms with E-state index in [1.807, 2.05) is 31.0 Å². The van der Waals surface area contributed by atoms with Crippen LogP contribution in [0.25, 0.3) is 21.1 Å². The number of aryl methyl sites for hydroxylation is 1. The van der Waals surface area contributed by atoms with Gasteiger partial charge < -0.3 is 15.2 Å². The maximum Gasteiger partial charge on any atom is 0.433 e. The van der Waals surface area contributed by atoms with Crippen LogP contribution < -0.4 is 10.2 Å². The molecule has 0 spiro atoms. The zero-order valence-corrected chi connectivity index (χ0v) is 20.7. The average Bonchev–Trinajstić information content (AvgIpc) is 3.35. The quantitative estimate of drug-likeness (QED) is 0.306. The molecule has 1 amide bonds. The fourth-order valence-corrected chi connectivity index (χ4v) is 5.95. The van der Waals surface area contributed by atoms with E-state index >= 15 is 0 Å². The summed E-state index contributed by atoms with van der Waals surface area (Å²) in [7, 11) is 1.81. The predicted molar refractivity (Wildman–Crippen MR) is 135 cm³/mol. The van der Waals surface area contributed by atoms with Gasteiger partial charge in [0.2, 0.25) is 0 Å². The van der Waals surface area contributed by atoms with Crippen LogP contribution in [0.1, 0.15) is 46.7 Å². The van der Waals surface area contributed by atoms with Gasteiger partial charge in [-0.15, -0.1) is 11.3 Å². The van der Waals surface area contributed by atoms with Crippen LogP contribution in [0.15, 0.2) is 36.4 Å². The lowest BCUT2D eigenvalue weighted by Gasteiger charge is -2.37. The number of alkyl halides is 3. The van der Waals surface area contributed by atoms with Gasteiger partial charge in [0.25, 0.3) is 5.91 Å². The second kappa shape index (κ2) is 9.02. The van der Waals surface area contributed by atoms with Crippen molar-refractivity contribution in [1.82, 2.24) is 15.3 Å². The molecule has 2 N–H and O–H groups in total. The number of rotatable bonds is 4. The van der Waals surface area contributed by atoms with E-state index in [2.05, 4.69) is 15.3 Å². The molecule has 0 aliphatic heterocycles. The smallest absolute Gasteiger partial charge is 0.371 e. The number of hydrogen-bond acceptors (Lipinski definition) is 4. The lowest BCUT2D eigenvalue weighted by atomic mass is 9.89. The number of pyridine rings is 1. The van der Waals surface area contributed by atoms with Crippen LogP contribution in [0.2, 0.25) is 5.02 Å². The topological polar surface area (TPSA) is 61.0 Å². The minimum absolute atomic E-state index is 0.0181. The van der Waals surface area contributed by atoms with E-state index in [4.69, 9.17) is 11.6 Å². The van der Waals surface area contributed by atoms with Crippen LogP contribution in [0.3, 0.4) is 0 Å². The molecule has 184 valence electrons. The molecule has 5 nitrogen and oxygen atoms in total. The summed E-state index contributed by atoms with van der Waals surface area (Å²) in [5, 5.41) is 4.14. The van der Waals surface area contributed by atoms with Crippen molar-refractivity contribution in [3.05, 3.63) is 57.7 Å². The Balaban J connectivity index is 1.29. The maximum atomic E-state index is 13.5. The molecule has 0 saturated heterocycles. The number of H-pyrrole nitrogens is 1. The molecule has 10 heteroatoms. The molecule has 0 radical (unpaired) electrons. The summed E-state index contributed by atoms with van der Waals surface area (Å²) in [5.74, 6) is -0.132. The first-order chi connectivity index (χ1) is 16.6. The molecule has 4 aromatic rings. The number of nitrogens with zero attached hydrogens (tertiary/aromatic N) is 2.